The Bertz CT molecular complexity index is 426. The van der Waals surface area contributed by atoms with Gasteiger partial charge in [-0.05, 0) is 38.5 Å². The Hall–Kier alpha value is -0.450. The van der Waals surface area contributed by atoms with E-state index in [4.69, 9.17) is 10.5 Å². The molecule has 2 unspecified atom stereocenters. The first kappa shape index (κ1) is 13.5. The standard InChI is InChI=1S/C15H24N2OS/c1-11-10-19-14(17-11)8-13(16)12-4-7-18-15(9-12)5-2-3-6-15/h10,12-13H,2-9,16H2,1H3. The molecule has 3 nitrogen and oxygen atoms in total. The van der Waals surface area contributed by atoms with Crippen LogP contribution >= 0.6 is 11.3 Å². The van der Waals surface area contributed by atoms with Crippen LogP contribution in [0.3, 0.4) is 0 Å². The van der Waals surface area contributed by atoms with Gasteiger partial charge < -0.3 is 10.5 Å². The highest BCUT2D eigenvalue weighted by molar-refractivity contribution is 7.09. The number of rotatable bonds is 3. The molecule has 1 spiro atoms. The number of hydrogen-bond acceptors (Lipinski definition) is 4. The zero-order chi connectivity index (χ0) is 13.3. The summed E-state index contributed by atoms with van der Waals surface area (Å²) >= 11 is 1.74. The Morgan fingerprint density at radius 2 is 2.32 bits per heavy atom. The minimum absolute atomic E-state index is 0.180. The van der Waals surface area contributed by atoms with Crippen LogP contribution in [0.2, 0.25) is 0 Å². The molecule has 0 radical (unpaired) electrons. The molecule has 1 aliphatic carbocycles. The van der Waals surface area contributed by atoms with Crippen LogP contribution in [0.25, 0.3) is 0 Å². The van der Waals surface area contributed by atoms with Crippen molar-refractivity contribution in [1.29, 1.82) is 0 Å². The maximum atomic E-state index is 6.45. The molecule has 2 atom stereocenters. The molecule has 19 heavy (non-hydrogen) atoms. The van der Waals surface area contributed by atoms with Gasteiger partial charge in [0.15, 0.2) is 0 Å². The van der Waals surface area contributed by atoms with E-state index in [1.54, 1.807) is 11.3 Å². The number of aromatic nitrogens is 1. The monoisotopic (exact) mass is 280 g/mol. The fraction of sp³-hybridized carbons (Fsp3) is 0.800. The maximum absolute atomic E-state index is 6.45. The number of thiazole rings is 1. The van der Waals surface area contributed by atoms with Crippen molar-refractivity contribution in [2.75, 3.05) is 6.61 Å². The van der Waals surface area contributed by atoms with Gasteiger partial charge in [0.25, 0.3) is 0 Å². The average molecular weight is 280 g/mol. The third kappa shape index (κ3) is 3.01. The van der Waals surface area contributed by atoms with Crippen LogP contribution < -0.4 is 5.73 Å². The summed E-state index contributed by atoms with van der Waals surface area (Å²) < 4.78 is 6.09. The quantitative estimate of drug-likeness (QED) is 0.925. The molecule has 2 fully saturated rings. The zero-order valence-electron chi connectivity index (χ0n) is 11.7. The SMILES string of the molecule is Cc1csc(CC(N)C2CCOC3(CCCC3)C2)n1. The number of aryl methyl sites for hydroxylation is 1. The van der Waals surface area contributed by atoms with E-state index < -0.39 is 0 Å². The smallest absolute Gasteiger partial charge is 0.0943 e. The Kier molecular flexibility index (Phi) is 3.92. The zero-order valence-corrected chi connectivity index (χ0v) is 12.5. The minimum Gasteiger partial charge on any atom is -0.375 e. The van der Waals surface area contributed by atoms with Crippen molar-refractivity contribution in [3.63, 3.8) is 0 Å². The second-order valence-corrected chi connectivity index (χ2v) is 7.18. The van der Waals surface area contributed by atoms with Gasteiger partial charge in [-0.25, -0.2) is 4.98 Å². The van der Waals surface area contributed by atoms with Crippen LogP contribution in [-0.2, 0) is 11.2 Å². The van der Waals surface area contributed by atoms with E-state index in [-0.39, 0.29) is 11.6 Å². The second kappa shape index (κ2) is 5.51. The van der Waals surface area contributed by atoms with Gasteiger partial charge in [0.1, 0.15) is 0 Å². The van der Waals surface area contributed by atoms with Gasteiger partial charge in [0, 0.05) is 30.1 Å². The van der Waals surface area contributed by atoms with Crippen molar-refractivity contribution in [2.24, 2.45) is 11.7 Å². The van der Waals surface area contributed by atoms with Crippen LogP contribution in [0.1, 0.15) is 49.2 Å². The van der Waals surface area contributed by atoms with Gasteiger partial charge in [-0.15, -0.1) is 11.3 Å². The second-order valence-electron chi connectivity index (χ2n) is 6.24. The lowest BCUT2D eigenvalue weighted by molar-refractivity contribution is -0.0960. The lowest BCUT2D eigenvalue weighted by Gasteiger charge is -2.40. The molecule has 2 aliphatic rings. The predicted octanol–water partition coefficient (Wildman–Crippen LogP) is 3.06. The fourth-order valence-electron chi connectivity index (χ4n) is 3.66. The minimum atomic E-state index is 0.180. The largest absolute Gasteiger partial charge is 0.375 e. The summed E-state index contributed by atoms with van der Waals surface area (Å²) in [6, 6.07) is 0.243. The number of nitrogens with zero attached hydrogens (tertiary/aromatic N) is 1. The summed E-state index contributed by atoms with van der Waals surface area (Å²) in [6.07, 6.45) is 8.35. The summed E-state index contributed by atoms with van der Waals surface area (Å²) in [5.74, 6) is 0.607. The highest BCUT2D eigenvalue weighted by Crippen LogP contribution is 2.42. The molecule has 1 aromatic heterocycles. The van der Waals surface area contributed by atoms with Crippen LogP contribution in [0.5, 0.6) is 0 Å². The Morgan fingerprint density at radius 3 is 3.00 bits per heavy atom. The molecule has 1 aliphatic heterocycles. The van der Waals surface area contributed by atoms with Crippen LogP contribution in [0.15, 0.2) is 5.38 Å². The first-order chi connectivity index (χ1) is 9.17. The Labute approximate surface area is 119 Å². The number of ether oxygens (including phenoxy) is 1. The van der Waals surface area contributed by atoms with Crippen LogP contribution in [0, 0.1) is 12.8 Å². The number of nitrogens with two attached hydrogens (primary N) is 1. The Morgan fingerprint density at radius 1 is 1.53 bits per heavy atom. The molecule has 0 aromatic carbocycles. The molecular weight excluding hydrogens is 256 g/mol. The van der Waals surface area contributed by atoms with Gasteiger partial charge in [0.2, 0.25) is 0 Å². The van der Waals surface area contributed by atoms with E-state index in [0.717, 1.165) is 25.1 Å². The first-order valence-corrected chi connectivity index (χ1v) is 8.35. The summed E-state index contributed by atoms with van der Waals surface area (Å²) in [5, 5.41) is 3.31. The molecule has 3 rings (SSSR count). The van der Waals surface area contributed by atoms with E-state index in [1.165, 1.54) is 37.1 Å². The van der Waals surface area contributed by atoms with Gasteiger partial charge >= 0.3 is 0 Å². The maximum Gasteiger partial charge on any atom is 0.0943 e. The van der Waals surface area contributed by atoms with Crippen molar-refractivity contribution >= 4 is 11.3 Å². The normalized spacial score (nSPS) is 27.8. The summed E-state index contributed by atoms with van der Waals surface area (Å²) in [6.45, 7) is 2.95. The highest BCUT2D eigenvalue weighted by atomic mass is 32.1. The Balaban J connectivity index is 1.61. The van der Waals surface area contributed by atoms with Gasteiger partial charge in [-0.2, -0.15) is 0 Å². The molecule has 1 aromatic rings. The summed E-state index contributed by atoms with van der Waals surface area (Å²) in [4.78, 5) is 4.54. The molecule has 106 valence electrons. The topological polar surface area (TPSA) is 48.1 Å². The van der Waals surface area contributed by atoms with Crippen molar-refractivity contribution in [2.45, 2.75) is 63.5 Å². The van der Waals surface area contributed by atoms with E-state index in [0.29, 0.717) is 5.92 Å². The summed E-state index contributed by atoms with van der Waals surface area (Å²) in [5.41, 5.74) is 7.75. The third-order valence-corrected chi connectivity index (χ3v) is 5.72. The molecule has 0 bridgehead atoms. The van der Waals surface area contributed by atoms with Crippen LogP contribution in [-0.4, -0.2) is 23.2 Å². The highest BCUT2D eigenvalue weighted by Gasteiger charge is 2.41. The van der Waals surface area contributed by atoms with Gasteiger partial charge in [-0.1, -0.05) is 12.8 Å². The molecular formula is C15H24N2OS. The van der Waals surface area contributed by atoms with E-state index in [9.17, 15) is 0 Å². The predicted molar refractivity (Wildman–Crippen MR) is 78.4 cm³/mol. The average Bonchev–Trinajstić information content (AvgIpc) is 3.00. The molecule has 1 saturated carbocycles. The van der Waals surface area contributed by atoms with Gasteiger partial charge in [0.05, 0.1) is 10.6 Å². The van der Waals surface area contributed by atoms with Crippen LogP contribution in [0.4, 0.5) is 0 Å². The third-order valence-electron chi connectivity index (χ3n) is 4.73. The van der Waals surface area contributed by atoms with E-state index in [2.05, 4.69) is 10.4 Å². The lowest BCUT2D eigenvalue weighted by Crippen LogP contribution is -2.44. The molecule has 4 heteroatoms. The molecule has 1 saturated heterocycles. The first-order valence-electron chi connectivity index (χ1n) is 7.47. The fourth-order valence-corrected chi connectivity index (χ4v) is 4.51. The van der Waals surface area contributed by atoms with Crippen molar-refractivity contribution < 1.29 is 4.74 Å². The summed E-state index contributed by atoms with van der Waals surface area (Å²) in [7, 11) is 0. The molecule has 2 N–H and O–H groups in total. The van der Waals surface area contributed by atoms with Crippen molar-refractivity contribution in [3.05, 3.63) is 16.1 Å². The lowest BCUT2D eigenvalue weighted by atomic mass is 9.80. The number of hydrogen-bond donors (Lipinski definition) is 1. The van der Waals surface area contributed by atoms with Crippen molar-refractivity contribution in [3.8, 4) is 0 Å². The van der Waals surface area contributed by atoms with Gasteiger partial charge in [-0.3, -0.25) is 0 Å². The molecule has 2 heterocycles. The van der Waals surface area contributed by atoms with E-state index in [1.807, 2.05) is 6.92 Å². The van der Waals surface area contributed by atoms with Crippen molar-refractivity contribution in [1.82, 2.24) is 4.98 Å². The van der Waals surface area contributed by atoms with E-state index >= 15 is 0 Å². The molecule has 0 amide bonds.